The van der Waals surface area contributed by atoms with Crippen LogP contribution in [0.2, 0.25) is 0 Å². The monoisotopic (exact) mass is 327 g/mol. The average Bonchev–Trinajstić information content (AvgIpc) is 2.36. The zero-order chi connectivity index (χ0) is 13.7. The van der Waals surface area contributed by atoms with Crippen molar-refractivity contribution in [3.63, 3.8) is 0 Å². The number of hydrogen-bond acceptors (Lipinski definition) is 1. The molecule has 0 aliphatic heterocycles. The molecule has 0 saturated heterocycles. The van der Waals surface area contributed by atoms with Crippen molar-refractivity contribution in [1.29, 1.82) is 0 Å². The van der Waals surface area contributed by atoms with E-state index in [1.807, 2.05) is 6.07 Å². The van der Waals surface area contributed by atoms with Gasteiger partial charge in [0.05, 0.1) is 0 Å². The lowest BCUT2D eigenvalue weighted by molar-refractivity contribution is 0.216. The molecule has 1 aliphatic rings. The standard InChI is InChI=1S/C16H23BrFN/c17-15-10-14(18)7-6-13(15)11-16(12-19)8-4-2-1-3-5-9-16/h6-7,10H,1-5,8-9,11-12,19H2. The number of hydrogen-bond donors (Lipinski definition) is 1. The zero-order valence-electron chi connectivity index (χ0n) is 11.4. The van der Waals surface area contributed by atoms with Crippen molar-refractivity contribution < 1.29 is 4.39 Å². The predicted molar refractivity (Wildman–Crippen MR) is 81.6 cm³/mol. The highest BCUT2D eigenvalue weighted by Crippen LogP contribution is 2.38. The minimum atomic E-state index is -0.185. The van der Waals surface area contributed by atoms with E-state index in [1.54, 1.807) is 12.1 Å². The Kier molecular flexibility index (Phi) is 5.40. The number of rotatable bonds is 3. The minimum Gasteiger partial charge on any atom is -0.330 e. The molecule has 0 aromatic heterocycles. The van der Waals surface area contributed by atoms with Crippen molar-refractivity contribution in [2.75, 3.05) is 6.54 Å². The van der Waals surface area contributed by atoms with Crippen LogP contribution in [-0.4, -0.2) is 6.54 Å². The fourth-order valence-corrected chi connectivity index (χ4v) is 3.67. The van der Waals surface area contributed by atoms with Gasteiger partial charge >= 0.3 is 0 Å². The quantitative estimate of drug-likeness (QED) is 0.846. The first kappa shape index (κ1) is 15.0. The highest BCUT2D eigenvalue weighted by Gasteiger charge is 2.29. The molecule has 106 valence electrons. The molecular weight excluding hydrogens is 305 g/mol. The van der Waals surface area contributed by atoms with Crippen LogP contribution in [0.15, 0.2) is 22.7 Å². The predicted octanol–water partition coefficient (Wildman–Crippen LogP) is 4.82. The van der Waals surface area contributed by atoms with Crippen molar-refractivity contribution >= 4 is 15.9 Å². The average molecular weight is 328 g/mol. The summed E-state index contributed by atoms with van der Waals surface area (Å²) in [6.45, 7) is 0.733. The summed E-state index contributed by atoms with van der Waals surface area (Å²) in [5.74, 6) is -0.185. The molecule has 1 aliphatic carbocycles. The van der Waals surface area contributed by atoms with Gasteiger partial charge in [-0.25, -0.2) is 4.39 Å². The van der Waals surface area contributed by atoms with E-state index in [4.69, 9.17) is 5.73 Å². The SMILES string of the molecule is NCC1(Cc2ccc(F)cc2Br)CCCCCCC1. The van der Waals surface area contributed by atoms with Gasteiger partial charge < -0.3 is 5.73 Å². The smallest absolute Gasteiger partial charge is 0.124 e. The molecule has 3 heteroatoms. The summed E-state index contributed by atoms with van der Waals surface area (Å²) in [5.41, 5.74) is 7.49. The van der Waals surface area contributed by atoms with Gasteiger partial charge in [0.2, 0.25) is 0 Å². The summed E-state index contributed by atoms with van der Waals surface area (Å²) in [7, 11) is 0. The van der Waals surface area contributed by atoms with Gasteiger partial charge in [0.1, 0.15) is 5.82 Å². The Morgan fingerprint density at radius 1 is 1.11 bits per heavy atom. The van der Waals surface area contributed by atoms with Gasteiger partial charge in [-0.05, 0) is 48.9 Å². The fourth-order valence-electron chi connectivity index (χ4n) is 3.18. The molecule has 0 atom stereocenters. The lowest BCUT2D eigenvalue weighted by atomic mass is 9.72. The molecule has 1 saturated carbocycles. The van der Waals surface area contributed by atoms with Gasteiger partial charge in [-0.3, -0.25) is 0 Å². The fraction of sp³-hybridized carbons (Fsp3) is 0.625. The maximum absolute atomic E-state index is 13.2. The van der Waals surface area contributed by atoms with Gasteiger partial charge in [-0.1, -0.05) is 54.1 Å². The van der Waals surface area contributed by atoms with Crippen LogP contribution >= 0.6 is 15.9 Å². The van der Waals surface area contributed by atoms with Gasteiger partial charge in [0.25, 0.3) is 0 Å². The van der Waals surface area contributed by atoms with Crippen LogP contribution in [0.5, 0.6) is 0 Å². The van der Waals surface area contributed by atoms with Crippen LogP contribution in [0.1, 0.15) is 50.5 Å². The Labute approximate surface area is 123 Å². The number of benzene rings is 1. The van der Waals surface area contributed by atoms with Crippen molar-refractivity contribution in [1.82, 2.24) is 0 Å². The zero-order valence-corrected chi connectivity index (χ0v) is 13.0. The third-order valence-corrected chi connectivity index (χ3v) is 5.17. The second-order valence-electron chi connectivity index (χ2n) is 5.88. The molecule has 0 heterocycles. The normalized spacial score (nSPS) is 19.7. The molecule has 1 nitrogen and oxygen atoms in total. The Balaban J connectivity index is 2.15. The highest BCUT2D eigenvalue weighted by molar-refractivity contribution is 9.10. The van der Waals surface area contributed by atoms with E-state index >= 15 is 0 Å². The van der Waals surface area contributed by atoms with E-state index in [1.165, 1.54) is 50.5 Å². The molecular formula is C16H23BrFN. The molecule has 0 spiro atoms. The van der Waals surface area contributed by atoms with E-state index in [2.05, 4.69) is 15.9 Å². The summed E-state index contributed by atoms with van der Waals surface area (Å²) in [5, 5.41) is 0. The van der Waals surface area contributed by atoms with E-state index < -0.39 is 0 Å². The molecule has 0 bridgehead atoms. The van der Waals surface area contributed by atoms with E-state index in [9.17, 15) is 4.39 Å². The molecule has 0 amide bonds. The molecule has 1 fully saturated rings. The highest BCUT2D eigenvalue weighted by atomic mass is 79.9. The number of halogens is 2. The molecule has 0 radical (unpaired) electrons. The second kappa shape index (κ2) is 6.85. The largest absolute Gasteiger partial charge is 0.330 e. The summed E-state index contributed by atoms with van der Waals surface area (Å²) >= 11 is 3.48. The van der Waals surface area contributed by atoms with Gasteiger partial charge in [-0.2, -0.15) is 0 Å². The van der Waals surface area contributed by atoms with Crippen LogP contribution in [-0.2, 0) is 6.42 Å². The van der Waals surface area contributed by atoms with E-state index in [0.717, 1.165) is 17.4 Å². The Bertz CT molecular complexity index is 411. The first-order valence-corrected chi connectivity index (χ1v) is 8.09. The van der Waals surface area contributed by atoms with E-state index in [-0.39, 0.29) is 11.2 Å². The topological polar surface area (TPSA) is 26.0 Å². The molecule has 0 unspecified atom stereocenters. The molecule has 1 aromatic carbocycles. The van der Waals surface area contributed by atoms with Crippen molar-refractivity contribution in [2.24, 2.45) is 11.1 Å². The van der Waals surface area contributed by atoms with Crippen molar-refractivity contribution in [3.05, 3.63) is 34.1 Å². The summed E-state index contributed by atoms with van der Waals surface area (Å²) < 4.78 is 14.0. The van der Waals surface area contributed by atoms with Crippen molar-refractivity contribution in [3.8, 4) is 0 Å². The first-order chi connectivity index (χ1) is 9.15. The summed E-state index contributed by atoms with van der Waals surface area (Å²) in [6.07, 6.45) is 9.93. The summed E-state index contributed by atoms with van der Waals surface area (Å²) in [4.78, 5) is 0. The molecule has 2 rings (SSSR count). The molecule has 2 N–H and O–H groups in total. The molecule has 1 aromatic rings. The van der Waals surface area contributed by atoms with Crippen LogP contribution in [0, 0.1) is 11.2 Å². The van der Waals surface area contributed by atoms with Crippen LogP contribution < -0.4 is 5.73 Å². The molecule has 19 heavy (non-hydrogen) atoms. The van der Waals surface area contributed by atoms with Gasteiger partial charge in [0.15, 0.2) is 0 Å². The first-order valence-electron chi connectivity index (χ1n) is 7.29. The Morgan fingerprint density at radius 2 is 1.74 bits per heavy atom. The Hall–Kier alpha value is -0.410. The van der Waals surface area contributed by atoms with Crippen molar-refractivity contribution in [2.45, 2.75) is 51.4 Å². The second-order valence-corrected chi connectivity index (χ2v) is 6.74. The number of nitrogens with two attached hydrogens (primary N) is 1. The van der Waals surface area contributed by atoms with Gasteiger partial charge in [-0.15, -0.1) is 0 Å². The lowest BCUT2D eigenvalue weighted by Gasteiger charge is -2.35. The maximum Gasteiger partial charge on any atom is 0.124 e. The van der Waals surface area contributed by atoms with E-state index in [0.29, 0.717) is 0 Å². The van der Waals surface area contributed by atoms with Gasteiger partial charge in [0, 0.05) is 4.47 Å². The third kappa shape index (κ3) is 4.03. The third-order valence-electron chi connectivity index (χ3n) is 4.43. The van der Waals surface area contributed by atoms with Crippen LogP contribution in [0.4, 0.5) is 4.39 Å². The maximum atomic E-state index is 13.2. The lowest BCUT2D eigenvalue weighted by Crippen LogP contribution is -2.33. The minimum absolute atomic E-state index is 0.185. The summed E-state index contributed by atoms with van der Waals surface area (Å²) in [6, 6.07) is 5.01. The van der Waals surface area contributed by atoms with Crippen LogP contribution in [0.3, 0.4) is 0 Å². The Morgan fingerprint density at radius 3 is 2.32 bits per heavy atom. The van der Waals surface area contributed by atoms with Crippen LogP contribution in [0.25, 0.3) is 0 Å².